The Labute approximate surface area is 171 Å². The number of furan rings is 1. The second-order valence-electron chi connectivity index (χ2n) is 6.21. The van der Waals surface area contributed by atoms with Gasteiger partial charge < -0.3 is 19.8 Å². The highest BCUT2D eigenvalue weighted by Gasteiger charge is 2.22. The number of benzene rings is 1. The molecule has 0 fully saturated rings. The smallest absolute Gasteiger partial charge is 0.328 e. The molecule has 0 unspecified atom stereocenters. The van der Waals surface area contributed by atoms with Crippen molar-refractivity contribution in [1.82, 2.24) is 10.6 Å². The first kappa shape index (κ1) is 20.3. The fraction of sp³-hybridized carbons (Fsp3) is 0.190. The SMILES string of the molecule is C[C@H](NC(=O)c1ccco1)C(=O)OCC(=O)N[C@H](c1ccccc1)c1cccs1. The average Bonchev–Trinajstić information content (AvgIpc) is 3.45. The summed E-state index contributed by atoms with van der Waals surface area (Å²) in [7, 11) is 0. The summed E-state index contributed by atoms with van der Waals surface area (Å²) in [6.07, 6.45) is 1.36. The number of rotatable bonds is 8. The zero-order chi connectivity index (χ0) is 20.6. The number of hydrogen-bond acceptors (Lipinski definition) is 6. The number of amides is 2. The number of carbonyl (C=O) groups excluding carboxylic acids is 3. The molecule has 1 aromatic carbocycles. The van der Waals surface area contributed by atoms with Crippen LogP contribution in [-0.2, 0) is 14.3 Å². The van der Waals surface area contributed by atoms with Gasteiger partial charge in [-0.2, -0.15) is 0 Å². The molecule has 3 aromatic rings. The van der Waals surface area contributed by atoms with Gasteiger partial charge in [-0.05, 0) is 36.1 Å². The van der Waals surface area contributed by atoms with E-state index in [1.807, 2.05) is 47.8 Å². The summed E-state index contributed by atoms with van der Waals surface area (Å²) in [5, 5.41) is 7.27. The van der Waals surface area contributed by atoms with Crippen molar-refractivity contribution in [3.8, 4) is 0 Å². The van der Waals surface area contributed by atoms with Crippen LogP contribution in [0.1, 0.15) is 34.0 Å². The third-order valence-corrected chi connectivity index (χ3v) is 4.99. The monoisotopic (exact) mass is 412 g/mol. The number of hydrogen-bond donors (Lipinski definition) is 2. The predicted octanol–water partition coefficient (Wildman–Crippen LogP) is 2.91. The summed E-state index contributed by atoms with van der Waals surface area (Å²) in [4.78, 5) is 37.3. The van der Waals surface area contributed by atoms with E-state index >= 15 is 0 Å². The molecule has 0 saturated carbocycles. The summed E-state index contributed by atoms with van der Waals surface area (Å²) in [6, 6.07) is 15.2. The molecule has 2 heterocycles. The highest BCUT2D eigenvalue weighted by atomic mass is 32.1. The van der Waals surface area contributed by atoms with Crippen LogP contribution in [0.3, 0.4) is 0 Å². The van der Waals surface area contributed by atoms with Crippen molar-refractivity contribution in [2.24, 2.45) is 0 Å². The lowest BCUT2D eigenvalue weighted by molar-refractivity contribution is -0.150. The molecule has 3 rings (SSSR count). The lowest BCUT2D eigenvalue weighted by atomic mass is 10.1. The Bertz CT molecular complexity index is 939. The Balaban J connectivity index is 1.54. The molecule has 0 saturated heterocycles. The number of carbonyl (C=O) groups is 3. The quantitative estimate of drug-likeness (QED) is 0.555. The lowest BCUT2D eigenvalue weighted by Crippen LogP contribution is -2.41. The van der Waals surface area contributed by atoms with Gasteiger partial charge in [-0.15, -0.1) is 11.3 Å². The Kier molecular flexibility index (Phi) is 6.80. The second-order valence-corrected chi connectivity index (χ2v) is 7.19. The molecule has 0 aliphatic heterocycles. The van der Waals surface area contributed by atoms with Crippen molar-refractivity contribution >= 4 is 29.1 Å². The van der Waals surface area contributed by atoms with Crippen molar-refractivity contribution in [3.05, 3.63) is 82.4 Å². The van der Waals surface area contributed by atoms with E-state index in [2.05, 4.69) is 10.6 Å². The van der Waals surface area contributed by atoms with E-state index in [0.717, 1.165) is 10.4 Å². The van der Waals surface area contributed by atoms with Crippen LogP contribution < -0.4 is 10.6 Å². The molecular formula is C21H20N2O5S. The van der Waals surface area contributed by atoms with Crippen LogP contribution in [-0.4, -0.2) is 30.4 Å². The topological polar surface area (TPSA) is 97.6 Å². The molecule has 0 aliphatic carbocycles. The maximum Gasteiger partial charge on any atom is 0.328 e. The van der Waals surface area contributed by atoms with Gasteiger partial charge in [-0.25, -0.2) is 4.79 Å². The normalized spacial score (nSPS) is 12.6. The maximum atomic E-state index is 12.4. The lowest BCUT2D eigenvalue weighted by Gasteiger charge is -2.18. The van der Waals surface area contributed by atoms with Crippen LogP contribution >= 0.6 is 11.3 Å². The van der Waals surface area contributed by atoms with E-state index in [1.54, 1.807) is 6.07 Å². The van der Waals surface area contributed by atoms with E-state index in [0.29, 0.717) is 0 Å². The zero-order valence-electron chi connectivity index (χ0n) is 15.7. The fourth-order valence-corrected chi connectivity index (χ4v) is 3.42. The molecule has 2 atom stereocenters. The highest BCUT2D eigenvalue weighted by Crippen LogP contribution is 2.25. The zero-order valence-corrected chi connectivity index (χ0v) is 16.5. The van der Waals surface area contributed by atoms with Crippen LogP contribution in [0, 0.1) is 0 Å². The number of esters is 1. The molecule has 2 aromatic heterocycles. The molecule has 2 N–H and O–H groups in total. The molecule has 2 amide bonds. The minimum Gasteiger partial charge on any atom is -0.459 e. The largest absolute Gasteiger partial charge is 0.459 e. The van der Waals surface area contributed by atoms with Crippen LogP contribution in [0.5, 0.6) is 0 Å². The minimum atomic E-state index is -0.928. The summed E-state index contributed by atoms with van der Waals surface area (Å²) in [5.41, 5.74) is 0.925. The molecule has 29 heavy (non-hydrogen) atoms. The Hall–Kier alpha value is -3.39. The number of thiophene rings is 1. The van der Waals surface area contributed by atoms with E-state index < -0.39 is 30.4 Å². The molecule has 8 heteroatoms. The van der Waals surface area contributed by atoms with Gasteiger partial charge in [0.05, 0.1) is 12.3 Å². The summed E-state index contributed by atoms with van der Waals surface area (Å²) in [6.45, 7) is 1.02. The first-order chi connectivity index (χ1) is 14.0. The van der Waals surface area contributed by atoms with Gasteiger partial charge in [0, 0.05) is 4.88 Å². The van der Waals surface area contributed by atoms with E-state index in [1.165, 1.54) is 30.6 Å². The van der Waals surface area contributed by atoms with E-state index in [9.17, 15) is 14.4 Å². The second kappa shape index (κ2) is 9.70. The van der Waals surface area contributed by atoms with Gasteiger partial charge in [0.2, 0.25) is 0 Å². The van der Waals surface area contributed by atoms with E-state index in [-0.39, 0.29) is 11.8 Å². The van der Waals surface area contributed by atoms with Crippen LogP contribution in [0.4, 0.5) is 0 Å². The summed E-state index contributed by atoms with van der Waals surface area (Å²) >= 11 is 1.52. The van der Waals surface area contributed by atoms with E-state index in [4.69, 9.17) is 9.15 Å². The first-order valence-electron chi connectivity index (χ1n) is 8.93. The third-order valence-electron chi connectivity index (χ3n) is 4.06. The first-order valence-corrected chi connectivity index (χ1v) is 9.81. The van der Waals surface area contributed by atoms with Gasteiger partial charge in [-0.1, -0.05) is 36.4 Å². The van der Waals surface area contributed by atoms with Crippen molar-refractivity contribution in [2.75, 3.05) is 6.61 Å². The molecule has 0 spiro atoms. The van der Waals surface area contributed by atoms with Crippen LogP contribution in [0.25, 0.3) is 0 Å². The Morgan fingerprint density at radius 1 is 1.03 bits per heavy atom. The highest BCUT2D eigenvalue weighted by molar-refractivity contribution is 7.10. The van der Waals surface area contributed by atoms with Crippen molar-refractivity contribution in [1.29, 1.82) is 0 Å². The molecular weight excluding hydrogens is 392 g/mol. The third kappa shape index (κ3) is 5.55. The van der Waals surface area contributed by atoms with Gasteiger partial charge in [0.1, 0.15) is 6.04 Å². The maximum absolute atomic E-state index is 12.4. The molecule has 0 aliphatic rings. The van der Waals surface area contributed by atoms with Crippen LogP contribution in [0.2, 0.25) is 0 Å². The van der Waals surface area contributed by atoms with Gasteiger partial charge in [0.25, 0.3) is 11.8 Å². The van der Waals surface area contributed by atoms with Gasteiger partial charge in [0.15, 0.2) is 12.4 Å². The molecule has 0 bridgehead atoms. The van der Waals surface area contributed by atoms with Crippen molar-refractivity contribution in [2.45, 2.75) is 19.0 Å². The minimum absolute atomic E-state index is 0.0871. The fourth-order valence-electron chi connectivity index (χ4n) is 2.62. The summed E-state index contributed by atoms with van der Waals surface area (Å²) < 4.78 is 10.0. The Morgan fingerprint density at radius 2 is 1.83 bits per heavy atom. The predicted molar refractivity (Wildman–Crippen MR) is 107 cm³/mol. The van der Waals surface area contributed by atoms with Gasteiger partial charge in [-0.3, -0.25) is 9.59 Å². The summed E-state index contributed by atoms with van der Waals surface area (Å²) in [5.74, 6) is -1.60. The number of ether oxygens (including phenoxy) is 1. The number of nitrogens with one attached hydrogen (secondary N) is 2. The molecule has 7 nitrogen and oxygen atoms in total. The van der Waals surface area contributed by atoms with Crippen molar-refractivity contribution < 1.29 is 23.5 Å². The van der Waals surface area contributed by atoms with Crippen molar-refractivity contribution in [3.63, 3.8) is 0 Å². The van der Waals surface area contributed by atoms with Gasteiger partial charge >= 0.3 is 5.97 Å². The Morgan fingerprint density at radius 3 is 2.48 bits per heavy atom. The molecule has 150 valence electrons. The van der Waals surface area contributed by atoms with Crippen LogP contribution in [0.15, 0.2) is 70.7 Å². The molecule has 0 radical (unpaired) electrons. The average molecular weight is 412 g/mol. The standard InChI is InChI=1S/C21H20N2O5S/c1-14(22-20(25)16-9-5-11-27-16)21(26)28-13-18(24)23-19(17-10-6-12-29-17)15-7-3-2-4-8-15/h2-12,14,19H,13H2,1H3,(H,22,25)(H,23,24)/t14-,19+/m0/s1.